The van der Waals surface area contributed by atoms with Crippen molar-refractivity contribution in [3.63, 3.8) is 0 Å². The standard InChI is InChI=1S/C11H19N3O/c1-8-11(12)7-13-14(8)9-4-3-5-10(6-9)15-2/h7,9-10H,3-6,12H2,1-2H3. The fraction of sp³-hybridized carbons (Fsp3) is 0.727. The minimum Gasteiger partial charge on any atom is -0.396 e. The van der Waals surface area contributed by atoms with Gasteiger partial charge in [0.2, 0.25) is 0 Å². The molecule has 1 aliphatic carbocycles. The second-order valence-electron chi connectivity index (χ2n) is 4.31. The number of anilines is 1. The first-order chi connectivity index (χ1) is 7.22. The highest BCUT2D eigenvalue weighted by Crippen LogP contribution is 2.31. The second-order valence-corrected chi connectivity index (χ2v) is 4.31. The molecule has 1 saturated carbocycles. The Morgan fingerprint density at radius 1 is 1.53 bits per heavy atom. The lowest BCUT2D eigenvalue weighted by atomic mass is 9.93. The molecule has 15 heavy (non-hydrogen) atoms. The maximum Gasteiger partial charge on any atom is 0.0730 e. The van der Waals surface area contributed by atoms with E-state index in [4.69, 9.17) is 10.5 Å². The zero-order chi connectivity index (χ0) is 10.8. The van der Waals surface area contributed by atoms with Crippen LogP contribution >= 0.6 is 0 Å². The minimum atomic E-state index is 0.383. The highest BCUT2D eigenvalue weighted by molar-refractivity contribution is 5.39. The number of nitrogen functional groups attached to an aromatic ring is 1. The van der Waals surface area contributed by atoms with Gasteiger partial charge in [-0.1, -0.05) is 0 Å². The van der Waals surface area contributed by atoms with Crippen LogP contribution in [0.1, 0.15) is 37.4 Å². The molecule has 1 aliphatic rings. The van der Waals surface area contributed by atoms with Gasteiger partial charge in [-0.2, -0.15) is 5.10 Å². The summed E-state index contributed by atoms with van der Waals surface area (Å²) in [4.78, 5) is 0. The van der Waals surface area contributed by atoms with Gasteiger partial charge in [-0.25, -0.2) is 0 Å². The Hall–Kier alpha value is -1.03. The van der Waals surface area contributed by atoms with Crippen molar-refractivity contribution >= 4 is 5.69 Å². The summed E-state index contributed by atoms with van der Waals surface area (Å²) < 4.78 is 7.47. The van der Waals surface area contributed by atoms with Crippen LogP contribution in [0.4, 0.5) is 5.69 Å². The number of methoxy groups -OCH3 is 1. The van der Waals surface area contributed by atoms with Crippen LogP contribution in [0.5, 0.6) is 0 Å². The number of aromatic nitrogens is 2. The number of rotatable bonds is 2. The van der Waals surface area contributed by atoms with Crippen molar-refractivity contribution in [1.82, 2.24) is 9.78 Å². The van der Waals surface area contributed by atoms with Crippen molar-refractivity contribution in [2.24, 2.45) is 0 Å². The van der Waals surface area contributed by atoms with Gasteiger partial charge in [0.05, 0.1) is 29.7 Å². The minimum absolute atomic E-state index is 0.383. The normalized spacial score (nSPS) is 26.8. The molecule has 0 aromatic carbocycles. The molecule has 0 amide bonds. The number of nitrogens with two attached hydrogens (primary N) is 1. The Balaban J connectivity index is 2.13. The lowest BCUT2D eigenvalue weighted by Crippen LogP contribution is -2.25. The third-order valence-electron chi connectivity index (χ3n) is 3.36. The molecule has 2 atom stereocenters. The summed E-state index contributed by atoms with van der Waals surface area (Å²) in [5.41, 5.74) is 7.67. The van der Waals surface area contributed by atoms with Crippen molar-refractivity contribution in [1.29, 1.82) is 0 Å². The van der Waals surface area contributed by atoms with Crippen LogP contribution in [-0.4, -0.2) is 23.0 Å². The Kier molecular flexibility index (Phi) is 2.95. The van der Waals surface area contributed by atoms with E-state index in [0.29, 0.717) is 12.1 Å². The fourth-order valence-electron chi connectivity index (χ4n) is 2.36. The third kappa shape index (κ3) is 2.00. The quantitative estimate of drug-likeness (QED) is 0.809. The highest BCUT2D eigenvalue weighted by Gasteiger charge is 2.24. The number of ether oxygens (including phenoxy) is 1. The van der Waals surface area contributed by atoms with Gasteiger partial charge in [0.1, 0.15) is 0 Å². The van der Waals surface area contributed by atoms with E-state index in [9.17, 15) is 0 Å². The molecule has 4 heteroatoms. The van der Waals surface area contributed by atoms with E-state index in [1.807, 2.05) is 6.92 Å². The molecule has 2 N–H and O–H groups in total. The van der Waals surface area contributed by atoms with Crippen molar-refractivity contribution in [2.45, 2.75) is 44.8 Å². The average molecular weight is 209 g/mol. The maximum atomic E-state index is 5.80. The summed E-state index contributed by atoms with van der Waals surface area (Å²) in [5, 5.41) is 4.34. The van der Waals surface area contributed by atoms with Gasteiger partial charge >= 0.3 is 0 Å². The molecule has 1 aromatic rings. The van der Waals surface area contributed by atoms with E-state index in [-0.39, 0.29) is 0 Å². The lowest BCUT2D eigenvalue weighted by Gasteiger charge is -2.29. The number of hydrogen-bond donors (Lipinski definition) is 1. The van der Waals surface area contributed by atoms with E-state index in [2.05, 4.69) is 9.78 Å². The predicted molar refractivity (Wildman–Crippen MR) is 59.7 cm³/mol. The highest BCUT2D eigenvalue weighted by atomic mass is 16.5. The Bertz CT molecular complexity index is 335. The van der Waals surface area contributed by atoms with Crippen LogP contribution in [0, 0.1) is 6.92 Å². The van der Waals surface area contributed by atoms with E-state index in [0.717, 1.165) is 17.8 Å². The zero-order valence-electron chi connectivity index (χ0n) is 9.44. The number of hydrogen-bond acceptors (Lipinski definition) is 3. The molecule has 84 valence electrons. The summed E-state index contributed by atoms with van der Waals surface area (Å²) >= 11 is 0. The molecule has 0 radical (unpaired) electrons. The molecular weight excluding hydrogens is 190 g/mol. The van der Waals surface area contributed by atoms with Crippen molar-refractivity contribution in [3.05, 3.63) is 11.9 Å². The third-order valence-corrected chi connectivity index (χ3v) is 3.36. The zero-order valence-corrected chi connectivity index (χ0v) is 9.44. The van der Waals surface area contributed by atoms with Gasteiger partial charge in [-0.3, -0.25) is 4.68 Å². The SMILES string of the molecule is COC1CCCC(n2ncc(N)c2C)C1. The van der Waals surface area contributed by atoms with Gasteiger partial charge < -0.3 is 10.5 Å². The van der Waals surface area contributed by atoms with Crippen molar-refractivity contribution < 1.29 is 4.74 Å². The summed E-state index contributed by atoms with van der Waals surface area (Å²) in [6, 6.07) is 0.459. The van der Waals surface area contributed by atoms with Gasteiger partial charge in [-0.05, 0) is 32.6 Å². The van der Waals surface area contributed by atoms with E-state index < -0.39 is 0 Å². The molecule has 2 rings (SSSR count). The van der Waals surface area contributed by atoms with Gasteiger partial charge in [0, 0.05) is 7.11 Å². The lowest BCUT2D eigenvalue weighted by molar-refractivity contribution is 0.0504. The molecule has 0 bridgehead atoms. The first-order valence-electron chi connectivity index (χ1n) is 5.54. The summed E-state index contributed by atoms with van der Waals surface area (Å²) in [5.74, 6) is 0. The first-order valence-corrected chi connectivity index (χ1v) is 5.54. The average Bonchev–Trinajstić information content (AvgIpc) is 2.60. The maximum absolute atomic E-state index is 5.80. The largest absolute Gasteiger partial charge is 0.396 e. The van der Waals surface area contributed by atoms with Crippen LogP contribution in [0.2, 0.25) is 0 Å². The number of nitrogens with zero attached hydrogens (tertiary/aromatic N) is 2. The van der Waals surface area contributed by atoms with Gasteiger partial charge in [-0.15, -0.1) is 0 Å². The Morgan fingerprint density at radius 3 is 2.93 bits per heavy atom. The topological polar surface area (TPSA) is 53.1 Å². The van der Waals surface area contributed by atoms with Gasteiger partial charge in [0.25, 0.3) is 0 Å². The molecule has 0 spiro atoms. The molecule has 0 saturated heterocycles. The second kappa shape index (κ2) is 4.23. The molecule has 1 aromatic heterocycles. The van der Waals surface area contributed by atoms with Crippen LogP contribution in [0.25, 0.3) is 0 Å². The van der Waals surface area contributed by atoms with Crippen LogP contribution in [-0.2, 0) is 4.74 Å². The molecule has 1 heterocycles. The van der Waals surface area contributed by atoms with Crippen LogP contribution < -0.4 is 5.73 Å². The molecular formula is C11H19N3O. The molecule has 1 fully saturated rings. The van der Waals surface area contributed by atoms with E-state index >= 15 is 0 Å². The first kappa shape index (κ1) is 10.5. The van der Waals surface area contributed by atoms with Crippen LogP contribution in [0.15, 0.2) is 6.20 Å². The summed E-state index contributed by atoms with van der Waals surface area (Å²) in [6.07, 6.45) is 6.74. The fourth-order valence-corrected chi connectivity index (χ4v) is 2.36. The molecule has 0 aliphatic heterocycles. The Labute approximate surface area is 90.4 Å². The Morgan fingerprint density at radius 2 is 2.33 bits per heavy atom. The van der Waals surface area contributed by atoms with Crippen molar-refractivity contribution in [3.8, 4) is 0 Å². The monoisotopic (exact) mass is 209 g/mol. The smallest absolute Gasteiger partial charge is 0.0730 e. The molecule has 2 unspecified atom stereocenters. The van der Waals surface area contributed by atoms with Crippen molar-refractivity contribution in [2.75, 3.05) is 12.8 Å². The van der Waals surface area contributed by atoms with Gasteiger partial charge in [0.15, 0.2) is 0 Å². The van der Waals surface area contributed by atoms with E-state index in [1.54, 1.807) is 13.3 Å². The summed E-state index contributed by atoms with van der Waals surface area (Å²) in [6.45, 7) is 2.03. The van der Waals surface area contributed by atoms with Crippen LogP contribution in [0.3, 0.4) is 0 Å². The van der Waals surface area contributed by atoms with E-state index in [1.165, 1.54) is 19.3 Å². The molecule has 4 nitrogen and oxygen atoms in total. The summed E-state index contributed by atoms with van der Waals surface area (Å²) in [7, 11) is 1.79. The predicted octanol–water partition coefficient (Wildman–Crippen LogP) is 1.90.